The largest absolute Gasteiger partial charge is 0.451 e. The first-order chi connectivity index (χ1) is 15.1. The fourth-order valence-electron chi connectivity index (χ4n) is 2.99. The molecule has 6 nitrogen and oxygen atoms in total. The Morgan fingerprint density at radius 3 is 2.22 bits per heavy atom. The van der Waals surface area contributed by atoms with E-state index in [0.29, 0.717) is 11.3 Å². The Kier molecular flexibility index (Phi) is 7.01. The van der Waals surface area contributed by atoms with Crippen LogP contribution in [0.2, 0.25) is 5.02 Å². The predicted molar refractivity (Wildman–Crippen MR) is 124 cm³/mol. The molecule has 0 aliphatic heterocycles. The molecule has 8 heteroatoms. The summed E-state index contributed by atoms with van der Waals surface area (Å²) in [4.78, 5) is 25.2. The third kappa shape index (κ3) is 5.00. The minimum absolute atomic E-state index is 0.0197. The first-order valence-corrected chi connectivity index (χ1v) is 11.6. The monoisotopic (exact) mass is 471 g/mol. The maximum absolute atomic E-state index is 13.0. The number of sulfonamides is 1. The lowest BCUT2D eigenvalue weighted by Crippen LogP contribution is -2.27. The van der Waals surface area contributed by atoms with E-state index in [4.69, 9.17) is 16.3 Å². The highest BCUT2D eigenvalue weighted by atomic mass is 35.5. The van der Waals surface area contributed by atoms with Crippen LogP contribution in [-0.4, -0.2) is 33.3 Å². The van der Waals surface area contributed by atoms with E-state index >= 15 is 0 Å². The summed E-state index contributed by atoms with van der Waals surface area (Å²) in [6.07, 6.45) is -1.08. The van der Waals surface area contributed by atoms with Crippen LogP contribution in [0.4, 0.5) is 5.69 Å². The van der Waals surface area contributed by atoms with Gasteiger partial charge in [0.1, 0.15) is 0 Å². The molecule has 3 aromatic carbocycles. The van der Waals surface area contributed by atoms with Crippen LogP contribution in [0, 0.1) is 6.92 Å². The van der Waals surface area contributed by atoms with Crippen molar-refractivity contribution in [1.82, 2.24) is 0 Å². The number of Topliss-reactive ketones (excluding diaryl/α,β-unsaturated/α-hetero) is 1. The van der Waals surface area contributed by atoms with Gasteiger partial charge in [-0.25, -0.2) is 13.2 Å². The molecule has 0 bridgehead atoms. The van der Waals surface area contributed by atoms with E-state index in [-0.39, 0.29) is 21.3 Å². The van der Waals surface area contributed by atoms with Crippen molar-refractivity contribution in [3.8, 4) is 0 Å². The number of hydrogen-bond acceptors (Lipinski definition) is 5. The average Bonchev–Trinajstić information content (AvgIpc) is 2.79. The summed E-state index contributed by atoms with van der Waals surface area (Å²) in [5.41, 5.74) is 1.72. The number of hydrogen-bond donors (Lipinski definition) is 0. The first kappa shape index (κ1) is 23.5. The fraction of sp³-hybridized carbons (Fsp3) is 0.167. The number of para-hydroxylation sites is 1. The number of nitrogens with zero attached hydrogens (tertiary/aromatic N) is 1. The number of rotatable bonds is 7. The van der Waals surface area contributed by atoms with E-state index < -0.39 is 22.1 Å². The molecule has 32 heavy (non-hydrogen) atoms. The summed E-state index contributed by atoms with van der Waals surface area (Å²) in [6, 6.07) is 19.2. The van der Waals surface area contributed by atoms with Crippen LogP contribution in [-0.2, 0) is 14.8 Å². The molecular weight excluding hydrogens is 450 g/mol. The second-order valence-electron chi connectivity index (χ2n) is 7.23. The average molecular weight is 472 g/mol. The molecule has 1 atom stereocenters. The number of carbonyl (C=O) groups excluding carboxylic acids is 2. The predicted octanol–water partition coefficient (Wildman–Crippen LogP) is 4.90. The zero-order valence-corrected chi connectivity index (χ0v) is 19.4. The van der Waals surface area contributed by atoms with Crippen molar-refractivity contribution in [3.63, 3.8) is 0 Å². The molecule has 0 heterocycles. The SMILES string of the molecule is Cc1ccc(C(=O)[C@@H](C)OC(=O)c2cc(S(=O)(=O)N(C)c3ccccc3)ccc2Cl)cc1. The smallest absolute Gasteiger partial charge is 0.340 e. The highest BCUT2D eigenvalue weighted by Crippen LogP contribution is 2.26. The van der Waals surface area contributed by atoms with Crippen molar-refractivity contribution in [3.05, 3.63) is 94.5 Å². The molecule has 166 valence electrons. The third-order valence-electron chi connectivity index (χ3n) is 4.93. The Morgan fingerprint density at radius 1 is 0.969 bits per heavy atom. The second kappa shape index (κ2) is 9.54. The van der Waals surface area contributed by atoms with Crippen molar-refractivity contribution in [2.24, 2.45) is 0 Å². The van der Waals surface area contributed by atoms with E-state index in [1.165, 1.54) is 26.1 Å². The number of halogens is 1. The number of ketones is 1. The van der Waals surface area contributed by atoms with Crippen LogP contribution in [0.5, 0.6) is 0 Å². The van der Waals surface area contributed by atoms with Crippen LogP contribution in [0.1, 0.15) is 33.2 Å². The molecule has 0 unspecified atom stereocenters. The summed E-state index contributed by atoms with van der Waals surface area (Å²) in [5.74, 6) is -1.26. The summed E-state index contributed by atoms with van der Waals surface area (Å²) < 4.78 is 32.5. The van der Waals surface area contributed by atoms with E-state index in [1.54, 1.807) is 54.6 Å². The van der Waals surface area contributed by atoms with Crippen molar-refractivity contribution in [2.45, 2.75) is 24.8 Å². The van der Waals surface area contributed by atoms with Gasteiger partial charge < -0.3 is 4.74 Å². The number of benzene rings is 3. The van der Waals surface area contributed by atoms with Crippen LogP contribution < -0.4 is 4.31 Å². The molecule has 0 N–H and O–H groups in total. The number of esters is 1. The van der Waals surface area contributed by atoms with Gasteiger partial charge in [0, 0.05) is 12.6 Å². The maximum atomic E-state index is 13.0. The van der Waals surface area contributed by atoms with Gasteiger partial charge in [-0.1, -0.05) is 59.6 Å². The molecule has 0 radical (unpaired) electrons. The Hall–Kier alpha value is -3.16. The summed E-state index contributed by atoms with van der Waals surface area (Å²) >= 11 is 6.14. The Labute approximate surface area is 192 Å². The van der Waals surface area contributed by atoms with Gasteiger partial charge >= 0.3 is 5.97 Å². The molecule has 0 saturated carbocycles. The molecule has 0 aliphatic rings. The minimum Gasteiger partial charge on any atom is -0.451 e. The number of aryl methyl sites for hydroxylation is 1. The van der Waals surface area contributed by atoms with E-state index in [0.717, 1.165) is 15.9 Å². The molecule has 0 aromatic heterocycles. The normalized spacial score (nSPS) is 12.1. The van der Waals surface area contributed by atoms with Crippen LogP contribution in [0.15, 0.2) is 77.7 Å². The molecule has 0 saturated heterocycles. The molecule has 0 spiro atoms. The molecule has 0 fully saturated rings. The Morgan fingerprint density at radius 2 is 1.59 bits per heavy atom. The van der Waals surface area contributed by atoms with Crippen molar-refractivity contribution in [1.29, 1.82) is 0 Å². The molecular formula is C24H22ClNO5S. The van der Waals surface area contributed by atoms with Gasteiger partial charge in [-0.2, -0.15) is 0 Å². The van der Waals surface area contributed by atoms with Crippen molar-refractivity contribution in [2.75, 3.05) is 11.4 Å². The molecule has 0 amide bonds. The topological polar surface area (TPSA) is 80.8 Å². The van der Waals surface area contributed by atoms with Crippen LogP contribution in [0.3, 0.4) is 0 Å². The quantitative estimate of drug-likeness (QED) is 0.361. The summed E-state index contributed by atoms with van der Waals surface area (Å²) in [5, 5.41) is 0.0197. The van der Waals surface area contributed by atoms with Gasteiger partial charge in [-0.3, -0.25) is 9.10 Å². The number of anilines is 1. The number of carbonyl (C=O) groups is 2. The highest BCUT2D eigenvalue weighted by Gasteiger charge is 2.26. The van der Waals surface area contributed by atoms with Crippen LogP contribution >= 0.6 is 11.6 Å². The third-order valence-corrected chi connectivity index (χ3v) is 7.04. The van der Waals surface area contributed by atoms with Gasteiger partial charge in [-0.15, -0.1) is 0 Å². The van der Waals surface area contributed by atoms with Crippen molar-refractivity contribution >= 4 is 39.1 Å². The standard InChI is InChI=1S/C24H22ClNO5S/c1-16-9-11-18(12-10-16)23(27)17(2)31-24(28)21-15-20(13-14-22(21)25)32(29,30)26(3)19-7-5-4-6-8-19/h4-15,17H,1-3H3/t17-/m1/s1. The maximum Gasteiger partial charge on any atom is 0.340 e. The Balaban J connectivity index is 1.84. The van der Waals surface area contributed by atoms with Gasteiger partial charge in [0.05, 0.1) is 21.2 Å². The van der Waals surface area contributed by atoms with Gasteiger partial charge in [0.15, 0.2) is 6.10 Å². The molecule has 3 aromatic rings. The Bertz CT molecular complexity index is 1240. The lowest BCUT2D eigenvalue weighted by molar-refractivity contribution is 0.0318. The highest BCUT2D eigenvalue weighted by molar-refractivity contribution is 7.92. The molecule has 0 aliphatic carbocycles. The zero-order valence-electron chi connectivity index (χ0n) is 17.8. The lowest BCUT2D eigenvalue weighted by atomic mass is 10.1. The van der Waals surface area contributed by atoms with Gasteiger partial charge in [0.25, 0.3) is 10.0 Å². The molecule has 3 rings (SSSR count). The lowest BCUT2D eigenvalue weighted by Gasteiger charge is -2.20. The second-order valence-corrected chi connectivity index (χ2v) is 9.60. The van der Waals surface area contributed by atoms with Crippen molar-refractivity contribution < 1.29 is 22.7 Å². The zero-order chi connectivity index (χ0) is 23.5. The fourth-order valence-corrected chi connectivity index (χ4v) is 4.40. The minimum atomic E-state index is -3.96. The van der Waals surface area contributed by atoms with E-state index in [9.17, 15) is 18.0 Å². The summed E-state index contributed by atoms with van der Waals surface area (Å²) in [6.45, 7) is 3.35. The number of ether oxygens (including phenoxy) is 1. The van der Waals surface area contributed by atoms with Crippen LogP contribution in [0.25, 0.3) is 0 Å². The van der Waals surface area contributed by atoms with E-state index in [2.05, 4.69) is 0 Å². The van der Waals surface area contributed by atoms with Gasteiger partial charge in [0.2, 0.25) is 5.78 Å². The van der Waals surface area contributed by atoms with E-state index in [1.807, 2.05) is 6.92 Å². The summed E-state index contributed by atoms with van der Waals surface area (Å²) in [7, 11) is -2.54. The first-order valence-electron chi connectivity index (χ1n) is 9.76. The van der Waals surface area contributed by atoms with Gasteiger partial charge in [-0.05, 0) is 44.2 Å².